The van der Waals surface area contributed by atoms with Crippen LogP contribution in [0.2, 0.25) is 5.02 Å². The SMILES string of the molecule is CC(C)CCN1CCC(C(=O)Nc2cc(Cl)ccc2O)CC1. The highest BCUT2D eigenvalue weighted by atomic mass is 35.5. The van der Waals surface area contributed by atoms with Crippen LogP contribution in [0.25, 0.3) is 0 Å². The minimum Gasteiger partial charge on any atom is -0.506 e. The van der Waals surface area contributed by atoms with Crippen LogP contribution in [0.5, 0.6) is 5.75 Å². The van der Waals surface area contributed by atoms with E-state index in [-0.39, 0.29) is 17.6 Å². The van der Waals surface area contributed by atoms with Crippen LogP contribution < -0.4 is 5.32 Å². The van der Waals surface area contributed by atoms with Crippen LogP contribution in [0.3, 0.4) is 0 Å². The number of anilines is 1. The van der Waals surface area contributed by atoms with E-state index in [4.69, 9.17) is 11.6 Å². The number of phenols is 1. The monoisotopic (exact) mass is 324 g/mol. The summed E-state index contributed by atoms with van der Waals surface area (Å²) in [7, 11) is 0. The number of phenolic OH excluding ortho intramolecular Hbond substituents is 1. The van der Waals surface area contributed by atoms with Crippen LogP contribution in [0.15, 0.2) is 18.2 Å². The zero-order valence-corrected chi connectivity index (χ0v) is 14.1. The van der Waals surface area contributed by atoms with Gasteiger partial charge < -0.3 is 15.3 Å². The maximum absolute atomic E-state index is 12.3. The van der Waals surface area contributed by atoms with Crippen LogP contribution in [-0.4, -0.2) is 35.5 Å². The molecule has 0 spiro atoms. The average molecular weight is 325 g/mol. The zero-order valence-electron chi connectivity index (χ0n) is 13.3. The summed E-state index contributed by atoms with van der Waals surface area (Å²) in [6, 6.07) is 4.67. The van der Waals surface area contributed by atoms with Crippen LogP contribution in [0.1, 0.15) is 33.1 Å². The van der Waals surface area contributed by atoms with E-state index in [0.717, 1.165) is 32.5 Å². The molecule has 1 aliphatic heterocycles. The van der Waals surface area contributed by atoms with E-state index in [9.17, 15) is 9.90 Å². The molecule has 0 atom stereocenters. The third-order valence-electron chi connectivity index (χ3n) is 4.20. The van der Waals surface area contributed by atoms with E-state index >= 15 is 0 Å². The van der Waals surface area contributed by atoms with Crippen LogP contribution in [0, 0.1) is 11.8 Å². The lowest BCUT2D eigenvalue weighted by molar-refractivity contribution is -0.121. The summed E-state index contributed by atoms with van der Waals surface area (Å²) >= 11 is 5.90. The van der Waals surface area contributed by atoms with E-state index in [1.54, 1.807) is 12.1 Å². The molecule has 0 unspecified atom stereocenters. The number of aromatic hydroxyl groups is 1. The van der Waals surface area contributed by atoms with Crippen molar-refractivity contribution in [1.29, 1.82) is 0 Å². The molecule has 1 aromatic rings. The first kappa shape index (κ1) is 17.1. The van der Waals surface area contributed by atoms with Crippen molar-refractivity contribution in [3.8, 4) is 5.75 Å². The number of rotatable bonds is 5. The summed E-state index contributed by atoms with van der Waals surface area (Å²) in [5.41, 5.74) is 0.389. The van der Waals surface area contributed by atoms with Crippen molar-refractivity contribution in [3.05, 3.63) is 23.2 Å². The molecule has 1 aromatic carbocycles. The fourth-order valence-electron chi connectivity index (χ4n) is 2.70. The Balaban J connectivity index is 1.83. The van der Waals surface area contributed by atoms with Gasteiger partial charge in [0.25, 0.3) is 0 Å². The number of piperidine rings is 1. The van der Waals surface area contributed by atoms with E-state index in [1.807, 2.05) is 0 Å². The number of carbonyl (C=O) groups is 1. The number of nitrogens with one attached hydrogen (secondary N) is 1. The first-order valence-electron chi connectivity index (χ1n) is 7.97. The molecule has 5 heteroatoms. The van der Waals surface area contributed by atoms with Gasteiger partial charge in [0.15, 0.2) is 0 Å². The van der Waals surface area contributed by atoms with Crippen molar-refractivity contribution in [3.63, 3.8) is 0 Å². The molecule has 0 bridgehead atoms. The molecular formula is C17H25ClN2O2. The topological polar surface area (TPSA) is 52.6 Å². The minimum absolute atomic E-state index is 0.00804. The molecule has 0 aliphatic carbocycles. The molecule has 0 saturated carbocycles. The number of hydrogen-bond donors (Lipinski definition) is 2. The molecule has 1 saturated heterocycles. The lowest BCUT2D eigenvalue weighted by atomic mass is 9.95. The summed E-state index contributed by atoms with van der Waals surface area (Å²) in [5.74, 6) is 0.744. The van der Waals surface area contributed by atoms with Gasteiger partial charge >= 0.3 is 0 Å². The van der Waals surface area contributed by atoms with Crippen molar-refractivity contribution in [2.45, 2.75) is 33.1 Å². The summed E-state index contributed by atoms with van der Waals surface area (Å²) in [5, 5.41) is 13.1. The molecule has 1 amide bonds. The number of amides is 1. The fraction of sp³-hybridized carbons (Fsp3) is 0.588. The number of likely N-dealkylation sites (tertiary alicyclic amines) is 1. The predicted molar refractivity (Wildman–Crippen MR) is 90.4 cm³/mol. The van der Waals surface area contributed by atoms with Crippen LogP contribution in [-0.2, 0) is 4.79 Å². The molecule has 1 aliphatic rings. The Morgan fingerprint density at radius 3 is 2.73 bits per heavy atom. The Kier molecular flexibility index (Phi) is 6.09. The molecule has 1 fully saturated rings. The number of halogens is 1. The summed E-state index contributed by atoms with van der Waals surface area (Å²) in [6.45, 7) is 7.51. The molecule has 122 valence electrons. The summed E-state index contributed by atoms with van der Waals surface area (Å²) < 4.78 is 0. The van der Waals surface area contributed by atoms with Crippen molar-refractivity contribution >= 4 is 23.2 Å². The smallest absolute Gasteiger partial charge is 0.227 e. The molecular weight excluding hydrogens is 300 g/mol. The lowest BCUT2D eigenvalue weighted by Gasteiger charge is -2.31. The third-order valence-corrected chi connectivity index (χ3v) is 4.43. The Labute approximate surface area is 137 Å². The highest BCUT2D eigenvalue weighted by molar-refractivity contribution is 6.31. The molecule has 2 rings (SSSR count). The molecule has 2 N–H and O–H groups in total. The van der Waals surface area contributed by atoms with E-state index in [2.05, 4.69) is 24.1 Å². The second kappa shape index (κ2) is 7.84. The normalized spacial score (nSPS) is 16.9. The quantitative estimate of drug-likeness (QED) is 0.811. The Morgan fingerprint density at radius 2 is 2.09 bits per heavy atom. The fourth-order valence-corrected chi connectivity index (χ4v) is 2.87. The van der Waals surface area contributed by atoms with Gasteiger partial charge in [-0.05, 0) is 63.0 Å². The van der Waals surface area contributed by atoms with E-state index < -0.39 is 0 Å². The highest BCUT2D eigenvalue weighted by Crippen LogP contribution is 2.28. The Bertz CT molecular complexity index is 511. The van der Waals surface area contributed by atoms with Gasteiger partial charge in [0.1, 0.15) is 5.75 Å². The van der Waals surface area contributed by atoms with Crippen molar-refractivity contribution in [2.24, 2.45) is 11.8 Å². The first-order valence-corrected chi connectivity index (χ1v) is 8.35. The molecule has 0 radical (unpaired) electrons. The zero-order chi connectivity index (χ0) is 16.1. The van der Waals surface area contributed by atoms with Gasteiger partial charge in [0.2, 0.25) is 5.91 Å². The Morgan fingerprint density at radius 1 is 1.41 bits per heavy atom. The highest BCUT2D eigenvalue weighted by Gasteiger charge is 2.25. The average Bonchev–Trinajstić information content (AvgIpc) is 2.49. The number of carbonyl (C=O) groups excluding carboxylic acids is 1. The van der Waals surface area contributed by atoms with Crippen molar-refractivity contribution in [1.82, 2.24) is 4.90 Å². The van der Waals surface area contributed by atoms with Crippen LogP contribution in [0.4, 0.5) is 5.69 Å². The number of benzene rings is 1. The molecule has 4 nitrogen and oxygen atoms in total. The van der Waals surface area contributed by atoms with Crippen LogP contribution >= 0.6 is 11.6 Å². The molecule has 1 heterocycles. The maximum atomic E-state index is 12.3. The predicted octanol–water partition coefficient (Wildman–Crippen LogP) is 3.74. The standard InChI is InChI=1S/C17H25ClN2O2/c1-12(2)5-8-20-9-6-13(7-10-20)17(22)19-15-11-14(18)3-4-16(15)21/h3-4,11-13,21H,5-10H2,1-2H3,(H,19,22). The first-order chi connectivity index (χ1) is 10.5. The van der Waals surface area contributed by atoms with Gasteiger partial charge in [-0.25, -0.2) is 0 Å². The van der Waals surface area contributed by atoms with E-state index in [0.29, 0.717) is 16.6 Å². The van der Waals surface area contributed by atoms with Crippen molar-refractivity contribution in [2.75, 3.05) is 25.0 Å². The second-order valence-corrected chi connectivity index (χ2v) is 6.89. The number of hydrogen-bond acceptors (Lipinski definition) is 3. The maximum Gasteiger partial charge on any atom is 0.227 e. The lowest BCUT2D eigenvalue weighted by Crippen LogP contribution is -2.38. The largest absolute Gasteiger partial charge is 0.506 e. The van der Waals surface area contributed by atoms with Gasteiger partial charge in [-0.15, -0.1) is 0 Å². The molecule has 22 heavy (non-hydrogen) atoms. The minimum atomic E-state index is -0.0268. The van der Waals surface area contributed by atoms with E-state index in [1.165, 1.54) is 12.5 Å². The Hall–Kier alpha value is -1.26. The summed E-state index contributed by atoms with van der Waals surface area (Å²) in [6.07, 6.45) is 2.93. The van der Waals surface area contributed by atoms with Gasteiger partial charge in [0.05, 0.1) is 5.69 Å². The number of nitrogens with zero attached hydrogens (tertiary/aromatic N) is 1. The third kappa shape index (κ3) is 4.89. The molecule has 0 aromatic heterocycles. The van der Waals surface area contributed by atoms with Gasteiger partial charge in [-0.1, -0.05) is 25.4 Å². The van der Waals surface area contributed by atoms with Gasteiger partial charge in [-0.2, -0.15) is 0 Å². The van der Waals surface area contributed by atoms with Gasteiger partial charge in [0, 0.05) is 10.9 Å². The summed E-state index contributed by atoms with van der Waals surface area (Å²) in [4.78, 5) is 14.8. The van der Waals surface area contributed by atoms with Gasteiger partial charge in [-0.3, -0.25) is 4.79 Å². The second-order valence-electron chi connectivity index (χ2n) is 6.45. The van der Waals surface area contributed by atoms with Crippen molar-refractivity contribution < 1.29 is 9.90 Å².